The van der Waals surface area contributed by atoms with E-state index in [0.29, 0.717) is 0 Å². The van der Waals surface area contributed by atoms with Crippen LogP contribution >= 0.6 is 0 Å². The van der Waals surface area contributed by atoms with E-state index in [2.05, 4.69) is 23.8 Å². The number of hydrogen-bond acceptors (Lipinski definition) is 3. The van der Waals surface area contributed by atoms with Gasteiger partial charge in [-0.1, -0.05) is 168 Å². The molecule has 0 bridgehead atoms. The van der Waals surface area contributed by atoms with E-state index in [4.69, 9.17) is 4.98 Å². The summed E-state index contributed by atoms with van der Waals surface area (Å²) in [5.74, 6) is 2.02. The van der Waals surface area contributed by atoms with Gasteiger partial charge in [0, 0.05) is 12.8 Å². The second-order valence-corrected chi connectivity index (χ2v) is 11.3. The Labute approximate surface area is 226 Å². The molecule has 3 heteroatoms. The summed E-state index contributed by atoms with van der Waals surface area (Å²) in [6, 6.07) is 0. The lowest BCUT2D eigenvalue weighted by Crippen LogP contribution is -2.02. The fourth-order valence-corrected chi connectivity index (χ4v) is 5.21. The molecule has 1 aromatic heterocycles. The van der Waals surface area contributed by atoms with Crippen LogP contribution in [0.5, 0.6) is 0 Å². The van der Waals surface area contributed by atoms with Crippen molar-refractivity contribution in [3.63, 3.8) is 0 Å². The Morgan fingerprint density at radius 1 is 0.361 bits per heavy atom. The van der Waals surface area contributed by atoms with Gasteiger partial charge >= 0.3 is 0 Å². The third-order valence-corrected chi connectivity index (χ3v) is 7.68. The molecule has 210 valence electrons. The van der Waals surface area contributed by atoms with Crippen molar-refractivity contribution in [1.29, 1.82) is 0 Å². The number of aryl methyl sites for hydroxylation is 2. The normalized spacial score (nSPS) is 11.4. The first-order valence-electron chi connectivity index (χ1n) is 16.5. The van der Waals surface area contributed by atoms with Crippen molar-refractivity contribution in [2.75, 3.05) is 0 Å². The Kier molecular flexibility index (Phi) is 24.8. The van der Waals surface area contributed by atoms with Crippen LogP contribution in [0.4, 0.5) is 0 Å². The highest BCUT2D eigenvalue weighted by molar-refractivity contribution is 4.91. The van der Waals surface area contributed by atoms with E-state index in [0.717, 1.165) is 24.5 Å². The van der Waals surface area contributed by atoms with Gasteiger partial charge < -0.3 is 0 Å². The minimum absolute atomic E-state index is 1.01. The smallest absolute Gasteiger partial charge is 0.132 e. The van der Waals surface area contributed by atoms with Crippen molar-refractivity contribution < 1.29 is 0 Å². The molecule has 1 aromatic rings. The van der Waals surface area contributed by atoms with E-state index >= 15 is 0 Å². The van der Waals surface area contributed by atoms with E-state index < -0.39 is 0 Å². The first-order valence-corrected chi connectivity index (χ1v) is 16.5. The van der Waals surface area contributed by atoms with Gasteiger partial charge in [0.15, 0.2) is 0 Å². The molecular weight excluding hydrogens is 438 g/mol. The summed E-state index contributed by atoms with van der Waals surface area (Å²) in [5.41, 5.74) is 0. The quantitative estimate of drug-likeness (QED) is 0.107. The third kappa shape index (κ3) is 22.2. The summed E-state index contributed by atoms with van der Waals surface area (Å²) < 4.78 is 0. The molecular formula is C33H63N3. The largest absolute Gasteiger partial charge is 0.221 e. The molecule has 0 aliphatic carbocycles. The molecule has 0 spiro atoms. The lowest BCUT2D eigenvalue weighted by Gasteiger charge is -2.05. The highest BCUT2D eigenvalue weighted by Crippen LogP contribution is 2.14. The number of nitrogens with zero attached hydrogens (tertiary/aromatic N) is 3. The van der Waals surface area contributed by atoms with Gasteiger partial charge in [0.25, 0.3) is 0 Å². The van der Waals surface area contributed by atoms with Gasteiger partial charge in [0.2, 0.25) is 0 Å². The van der Waals surface area contributed by atoms with Crippen LogP contribution in [0.15, 0.2) is 6.33 Å². The topological polar surface area (TPSA) is 38.7 Å². The van der Waals surface area contributed by atoms with Gasteiger partial charge in [-0.05, 0) is 12.8 Å². The average Bonchev–Trinajstić information content (AvgIpc) is 2.90. The van der Waals surface area contributed by atoms with Gasteiger partial charge in [-0.2, -0.15) is 0 Å². The number of aromatic nitrogens is 3. The molecule has 0 radical (unpaired) electrons. The predicted octanol–water partition coefficient (Wildman–Crippen LogP) is 11.1. The SMILES string of the molecule is CCCCCCCCCCCCCCCc1ncnc(CCCCCCCCCCCCCCC)n1. The van der Waals surface area contributed by atoms with Gasteiger partial charge in [-0.3, -0.25) is 0 Å². The van der Waals surface area contributed by atoms with Crippen molar-refractivity contribution in [2.24, 2.45) is 0 Å². The molecule has 0 aliphatic heterocycles. The maximum Gasteiger partial charge on any atom is 0.132 e. The number of hydrogen-bond donors (Lipinski definition) is 0. The van der Waals surface area contributed by atoms with Crippen LogP contribution in [-0.2, 0) is 12.8 Å². The highest BCUT2D eigenvalue weighted by Gasteiger charge is 2.02. The standard InChI is InChI=1S/C33H63N3/c1-3-5-7-9-11-13-15-17-19-21-23-25-27-29-32-34-31-35-33(36-32)30-28-26-24-22-20-18-16-14-12-10-8-6-4-2/h31H,3-30H2,1-2H3. The maximum atomic E-state index is 4.74. The summed E-state index contributed by atoms with van der Waals surface area (Å²) in [7, 11) is 0. The zero-order valence-electron chi connectivity index (χ0n) is 24.7. The molecule has 1 heterocycles. The maximum absolute atomic E-state index is 4.74. The Hall–Kier alpha value is -0.990. The van der Waals surface area contributed by atoms with Gasteiger partial charge in [0.1, 0.15) is 18.0 Å². The summed E-state index contributed by atoms with van der Waals surface area (Å²) >= 11 is 0. The highest BCUT2D eigenvalue weighted by atomic mass is 15.0. The van der Waals surface area contributed by atoms with Crippen LogP contribution in [-0.4, -0.2) is 15.0 Å². The second-order valence-electron chi connectivity index (χ2n) is 11.3. The van der Waals surface area contributed by atoms with Crippen LogP contribution in [0.3, 0.4) is 0 Å². The van der Waals surface area contributed by atoms with Crippen molar-refractivity contribution >= 4 is 0 Å². The van der Waals surface area contributed by atoms with Crippen molar-refractivity contribution in [2.45, 2.75) is 194 Å². The van der Waals surface area contributed by atoms with E-state index in [1.54, 1.807) is 6.33 Å². The molecule has 0 aromatic carbocycles. The monoisotopic (exact) mass is 502 g/mol. The molecule has 36 heavy (non-hydrogen) atoms. The summed E-state index contributed by atoms with van der Waals surface area (Å²) in [5, 5.41) is 0. The zero-order chi connectivity index (χ0) is 25.8. The van der Waals surface area contributed by atoms with Gasteiger partial charge in [-0.15, -0.1) is 0 Å². The Morgan fingerprint density at radius 2 is 0.611 bits per heavy atom. The van der Waals surface area contributed by atoms with Gasteiger partial charge in [-0.25, -0.2) is 15.0 Å². The first kappa shape index (κ1) is 33.0. The van der Waals surface area contributed by atoms with Crippen LogP contribution < -0.4 is 0 Å². The van der Waals surface area contributed by atoms with E-state index in [9.17, 15) is 0 Å². The fourth-order valence-electron chi connectivity index (χ4n) is 5.21. The minimum Gasteiger partial charge on any atom is -0.221 e. The van der Waals surface area contributed by atoms with E-state index in [-0.39, 0.29) is 0 Å². The van der Waals surface area contributed by atoms with E-state index in [1.807, 2.05) is 0 Å². The van der Waals surface area contributed by atoms with Crippen LogP contribution in [0.2, 0.25) is 0 Å². The van der Waals surface area contributed by atoms with Crippen molar-refractivity contribution in [3.05, 3.63) is 18.0 Å². The molecule has 0 amide bonds. The summed E-state index contributed by atoms with van der Waals surface area (Å²) in [6.07, 6.45) is 40.1. The summed E-state index contributed by atoms with van der Waals surface area (Å²) in [4.78, 5) is 13.6. The van der Waals surface area contributed by atoms with Crippen molar-refractivity contribution in [1.82, 2.24) is 15.0 Å². The third-order valence-electron chi connectivity index (χ3n) is 7.68. The van der Waals surface area contributed by atoms with Crippen LogP contribution in [0.1, 0.15) is 192 Å². The van der Waals surface area contributed by atoms with Crippen LogP contribution in [0, 0.1) is 0 Å². The molecule has 0 saturated heterocycles. The minimum atomic E-state index is 1.01. The fraction of sp³-hybridized carbons (Fsp3) is 0.909. The molecule has 0 atom stereocenters. The molecule has 0 N–H and O–H groups in total. The molecule has 0 unspecified atom stereocenters. The summed E-state index contributed by atoms with van der Waals surface area (Å²) in [6.45, 7) is 4.59. The molecule has 0 fully saturated rings. The van der Waals surface area contributed by atoms with E-state index in [1.165, 1.54) is 167 Å². The Balaban J connectivity index is 1.89. The molecule has 3 nitrogen and oxygen atoms in total. The first-order chi connectivity index (χ1) is 17.9. The van der Waals surface area contributed by atoms with Crippen molar-refractivity contribution in [3.8, 4) is 0 Å². The van der Waals surface area contributed by atoms with Gasteiger partial charge in [0.05, 0.1) is 0 Å². The zero-order valence-corrected chi connectivity index (χ0v) is 24.7. The average molecular weight is 502 g/mol. The van der Waals surface area contributed by atoms with Crippen LogP contribution in [0.25, 0.3) is 0 Å². The Morgan fingerprint density at radius 3 is 0.889 bits per heavy atom. The predicted molar refractivity (Wildman–Crippen MR) is 159 cm³/mol. The lowest BCUT2D eigenvalue weighted by molar-refractivity contribution is 0.536. The second kappa shape index (κ2) is 27.1. The molecule has 0 aliphatic rings. The number of unbranched alkanes of at least 4 members (excludes halogenated alkanes) is 24. The molecule has 0 saturated carbocycles. The number of rotatable bonds is 28. The Bertz CT molecular complexity index is 514. The molecule has 1 rings (SSSR count). The lowest BCUT2D eigenvalue weighted by atomic mass is 10.0.